The highest BCUT2D eigenvalue weighted by Gasteiger charge is 2.17. The first-order valence-corrected chi connectivity index (χ1v) is 7.15. The van der Waals surface area contributed by atoms with Crippen LogP contribution >= 0.6 is 0 Å². The second-order valence-electron chi connectivity index (χ2n) is 4.88. The Morgan fingerprint density at radius 1 is 1.20 bits per heavy atom. The summed E-state index contributed by atoms with van der Waals surface area (Å²) in [7, 11) is 0. The molecule has 0 bridgehead atoms. The molecule has 1 heterocycles. The van der Waals surface area contributed by atoms with Crippen LogP contribution < -0.4 is 20.5 Å². The Balaban J connectivity index is 1.70. The fourth-order valence-corrected chi connectivity index (χ4v) is 2.20. The van der Waals surface area contributed by atoms with Gasteiger partial charge in [0.05, 0.1) is 0 Å². The number of ether oxygens (including phenoxy) is 2. The second-order valence-corrected chi connectivity index (χ2v) is 4.88. The lowest BCUT2D eigenvalue weighted by Crippen LogP contribution is -2.22. The van der Waals surface area contributed by atoms with Crippen molar-refractivity contribution in [3.8, 4) is 11.5 Å². The Morgan fingerprint density at radius 2 is 2.05 bits per heavy atom. The molecule has 0 aromatic heterocycles. The lowest BCUT2D eigenvalue weighted by molar-refractivity contribution is -0.121. The average Bonchev–Trinajstić information content (AvgIpc) is 2.94. The van der Waals surface area contributed by atoms with Crippen LogP contribution in [0.2, 0.25) is 0 Å². The topological polar surface area (TPSA) is 73.6 Å². The third kappa shape index (κ3) is 4.13. The number of carbonyl (C=O) groups is 1. The highest BCUT2D eigenvalue weighted by molar-refractivity contribution is 5.75. The number of carbonyl (C=O) groups excluding carboxylic acids is 1. The van der Waals surface area contributed by atoms with E-state index < -0.39 is 0 Å². The van der Waals surface area contributed by atoms with Crippen molar-refractivity contribution in [2.75, 3.05) is 13.3 Å². The van der Waals surface area contributed by atoms with Crippen LogP contribution in [0.25, 0.3) is 0 Å². The smallest absolute Gasteiger partial charge is 0.231 e. The summed E-state index contributed by atoms with van der Waals surface area (Å²) < 4.78 is 10.7. The van der Waals surface area contributed by atoms with Gasteiger partial charge >= 0.3 is 0 Å². The standard InChI is InChI=1S/C15H22N2O3/c16-9-4-2-1-3-8-14(18)17-10-12-6-5-7-13-15(12)20-11-19-13/h5-7H,1-4,8-11,16H2,(H,17,18). The molecule has 110 valence electrons. The van der Waals surface area contributed by atoms with E-state index in [9.17, 15) is 4.79 Å². The molecule has 1 aromatic rings. The van der Waals surface area contributed by atoms with E-state index in [0.717, 1.165) is 49.3 Å². The summed E-state index contributed by atoms with van der Waals surface area (Å²) in [6.07, 6.45) is 4.67. The summed E-state index contributed by atoms with van der Waals surface area (Å²) >= 11 is 0. The van der Waals surface area contributed by atoms with Crippen molar-refractivity contribution in [2.24, 2.45) is 5.73 Å². The van der Waals surface area contributed by atoms with E-state index in [1.165, 1.54) is 0 Å². The number of para-hydroxylation sites is 1. The number of nitrogens with one attached hydrogen (secondary N) is 1. The minimum Gasteiger partial charge on any atom is -0.454 e. The molecule has 2 rings (SSSR count). The number of amides is 1. The maximum absolute atomic E-state index is 11.7. The molecule has 0 unspecified atom stereocenters. The van der Waals surface area contributed by atoms with Crippen LogP contribution in [0.3, 0.4) is 0 Å². The zero-order valence-electron chi connectivity index (χ0n) is 11.7. The van der Waals surface area contributed by atoms with Crippen molar-refractivity contribution in [1.29, 1.82) is 0 Å². The van der Waals surface area contributed by atoms with Gasteiger partial charge in [-0.2, -0.15) is 0 Å². The Kier molecular flexibility index (Phi) is 5.68. The zero-order chi connectivity index (χ0) is 14.2. The van der Waals surface area contributed by atoms with Crippen molar-refractivity contribution < 1.29 is 14.3 Å². The number of rotatable bonds is 8. The second kappa shape index (κ2) is 7.75. The summed E-state index contributed by atoms with van der Waals surface area (Å²) in [5, 5.41) is 2.92. The summed E-state index contributed by atoms with van der Waals surface area (Å²) in [6.45, 7) is 1.46. The Morgan fingerprint density at radius 3 is 2.90 bits per heavy atom. The average molecular weight is 278 g/mol. The molecule has 0 spiro atoms. The van der Waals surface area contributed by atoms with Gasteiger partial charge in [-0.25, -0.2) is 0 Å². The van der Waals surface area contributed by atoms with E-state index in [4.69, 9.17) is 15.2 Å². The minimum atomic E-state index is 0.0780. The predicted molar refractivity (Wildman–Crippen MR) is 76.6 cm³/mol. The largest absolute Gasteiger partial charge is 0.454 e. The maximum Gasteiger partial charge on any atom is 0.231 e. The van der Waals surface area contributed by atoms with E-state index in [1.807, 2.05) is 18.2 Å². The van der Waals surface area contributed by atoms with E-state index in [1.54, 1.807) is 0 Å². The van der Waals surface area contributed by atoms with Crippen LogP contribution in [0, 0.1) is 0 Å². The van der Waals surface area contributed by atoms with Crippen LogP contribution in [-0.4, -0.2) is 19.2 Å². The van der Waals surface area contributed by atoms with Crippen LogP contribution in [0.4, 0.5) is 0 Å². The van der Waals surface area contributed by atoms with Crippen molar-refractivity contribution in [3.63, 3.8) is 0 Å². The van der Waals surface area contributed by atoms with Crippen LogP contribution in [0.1, 0.15) is 37.7 Å². The summed E-state index contributed by atoms with van der Waals surface area (Å²) in [6, 6.07) is 5.71. The first-order valence-electron chi connectivity index (χ1n) is 7.15. The molecule has 0 saturated carbocycles. The van der Waals surface area contributed by atoms with E-state index in [2.05, 4.69) is 5.32 Å². The van der Waals surface area contributed by atoms with Crippen LogP contribution in [0.5, 0.6) is 11.5 Å². The van der Waals surface area contributed by atoms with Gasteiger partial charge in [0, 0.05) is 18.5 Å². The normalized spacial score (nSPS) is 12.4. The van der Waals surface area contributed by atoms with Crippen molar-refractivity contribution in [2.45, 2.75) is 38.6 Å². The first-order chi connectivity index (χ1) is 9.81. The van der Waals surface area contributed by atoms with E-state index in [-0.39, 0.29) is 12.7 Å². The Hall–Kier alpha value is -1.75. The van der Waals surface area contributed by atoms with Crippen molar-refractivity contribution >= 4 is 5.91 Å². The summed E-state index contributed by atoms with van der Waals surface area (Å²) in [5.41, 5.74) is 6.38. The van der Waals surface area contributed by atoms with Gasteiger partial charge in [0.15, 0.2) is 11.5 Å². The molecule has 0 atom stereocenters. The lowest BCUT2D eigenvalue weighted by Gasteiger charge is -2.08. The Labute approximate surface area is 119 Å². The van der Waals surface area contributed by atoms with Gasteiger partial charge < -0.3 is 20.5 Å². The number of nitrogens with two attached hydrogens (primary N) is 1. The molecule has 0 radical (unpaired) electrons. The van der Waals surface area contributed by atoms with Gasteiger partial charge in [0.25, 0.3) is 0 Å². The first kappa shape index (κ1) is 14.7. The quantitative estimate of drug-likeness (QED) is 0.713. The van der Waals surface area contributed by atoms with E-state index in [0.29, 0.717) is 13.0 Å². The number of fused-ring (bicyclic) bond motifs is 1. The fourth-order valence-electron chi connectivity index (χ4n) is 2.20. The summed E-state index contributed by atoms with van der Waals surface area (Å²) in [5.74, 6) is 1.57. The van der Waals surface area contributed by atoms with Crippen LogP contribution in [0.15, 0.2) is 18.2 Å². The van der Waals surface area contributed by atoms with Gasteiger partial charge in [-0.1, -0.05) is 25.0 Å². The molecule has 1 aliphatic rings. The van der Waals surface area contributed by atoms with Crippen molar-refractivity contribution in [1.82, 2.24) is 5.32 Å². The monoisotopic (exact) mass is 278 g/mol. The van der Waals surface area contributed by atoms with E-state index >= 15 is 0 Å². The molecular weight excluding hydrogens is 256 g/mol. The van der Waals surface area contributed by atoms with Gasteiger partial charge in [0.1, 0.15) is 0 Å². The minimum absolute atomic E-state index is 0.0780. The molecule has 1 aromatic carbocycles. The van der Waals surface area contributed by atoms with Crippen molar-refractivity contribution in [3.05, 3.63) is 23.8 Å². The fraction of sp³-hybridized carbons (Fsp3) is 0.533. The maximum atomic E-state index is 11.7. The number of benzene rings is 1. The molecule has 0 saturated heterocycles. The highest BCUT2D eigenvalue weighted by Crippen LogP contribution is 2.35. The van der Waals surface area contributed by atoms with Gasteiger partial charge in [-0.05, 0) is 25.5 Å². The van der Waals surface area contributed by atoms with Crippen LogP contribution in [-0.2, 0) is 11.3 Å². The number of hydrogen-bond donors (Lipinski definition) is 2. The number of hydrogen-bond acceptors (Lipinski definition) is 4. The molecule has 0 fully saturated rings. The van der Waals surface area contributed by atoms with Gasteiger partial charge in [0.2, 0.25) is 12.7 Å². The molecular formula is C15H22N2O3. The highest BCUT2D eigenvalue weighted by atomic mass is 16.7. The molecule has 3 N–H and O–H groups in total. The third-order valence-electron chi connectivity index (χ3n) is 3.31. The van der Waals surface area contributed by atoms with Gasteiger partial charge in [-0.3, -0.25) is 4.79 Å². The molecule has 0 aliphatic carbocycles. The molecule has 1 aliphatic heterocycles. The number of unbranched alkanes of at least 4 members (excludes halogenated alkanes) is 3. The Bertz CT molecular complexity index is 449. The molecule has 20 heavy (non-hydrogen) atoms. The third-order valence-corrected chi connectivity index (χ3v) is 3.31. The van der Waals surface area contributed by atoms with Gasteiger partial charge in [-0.15, -0.1) is 0 Å². The lowest BCUT2D eigenvalue weighted by atomic mass is 10.1. The summed E-state index contributed by atoms with van der Waals surface area (Å²) in [4.78, 5) is 11.7. The molecule has 5 heteroatoms. The zero-order valence-corrected chi connectivity index (χ0v) is 11.7. The predicted octanol–water partition coefficient (Wildman–Crippen LogP) is 1.94. The molecule has 5 nitrogen and oxygen atoms in total. The molecule has 1 amide bonds. The SMILES string of the molecule is NCCCCCCC(=O)NCc1cccc2c1OCO2.